The van der Waals surface area contributed by atoms with Crippen LogP contribution < -0.4 is 4.74 Å². The zero-order valence-corrected chi connectivity index (χ0v) is 11.1. The van der Waals surface area contributed by atoms with E-state index in [-0.39, 0.29) is 0 Å². The largest absolute Gasteiger partial charge is 0.497 e. The van der Waals surface area contributed by atoms with Crippen molar-refractivity contribution in [1.82, 2.24) is 20.0 Å². The van der Waals surface area contributed by atoms with Gasteiger partial charge in [0.25, 0.3) is 0 Å². The van der Waals surface area contributed by atoms with Crippen LogP contribution in [0.25, 0.3) is 11.4 Å². The standard InChI is InChI=1S/C15H14N4O/c1-20-13-7-5-12(6-8-13)11-19-15(10-17-18-19)14-4-2-3-9-16-14/h2-10H,11H2,1H3. The smallest absolute Gasteiger partial charge is 0.118 e. The number of benzene rings is 1. The van der Waals surface area contributed by atoms with Gasteiger partial charge in [0, 0.05) is 6.20 Å². The summed E-state index contributed by atoms with van der Waals surface area (Å²) in [5, 5.41) is 8.10. The highest BCUT2D eigenvalue weighted by Gasteiger charge is 2.08. The van der Waals surface area contributed by atoms with Crippen molar-refractivity contribution >= 4 is 0 Å². The zero-order valence-electron chi connectivity index (χ0n) is 11.1. The molecule has 2 aromatic heterocycles. The number of hydrogen-bond donors (Lipinski definition) is 0. The SMILES string of the molecule is COc1ccc(Cn2nncc2-c2ccccn2)cc1. The molecule has 20 heavy (non-hydrogen) atoms. The van der Waals surface area contributed by atoms with E-state index >= 15 is 0 Å². The van der Waals surface area contributed by atoms with Crippen molar-refractivity contribution in [2.24, 2.45) is 0 Å². The number of ether oxygens (including phenoxy) is 1. The third-order valence-electron chi connectivity index (χ3n) is 3.04. The van der Waals surface area contributed by atoms with Crippen LogP contribution in [0.4, 0.5) is 0 Å². The highest BCUT2D eigenvalue weighted by atomic mass is 16.5. The van der Waals surface area contributed by atoms with Crippen LogP contribution in [-0.2, 0) is 6.54 Å². The first-order valence-corrected chi connectivity index (χ1v) is 6.29. The molecule has 0 saturated carbocycles. The zero-order chi connectivity index (χ0) is 13.8. The highest BCUT2D eigenvalue weighted by Crippen LogP contribution is 2.17. The Morgan fingerprint density at radius 3 is 2.65 bits per heavy atom. The van der Waals surface area contributed by atoms with E-state index in [0.717, 1.165) is 22.7 Å². The minimum Gasteiger partial charge on any atom is -0.497 e. The molecule has 2 heterocycles. The number of hydrogen-bond acceptors (Lipinski definition) is 4. The van der Waals surface area contributed by atoms with Crippen molar-refractivity contribution in [2.75, 3.05) is 7.11 Å². The van der Waals surface area contributed by atoms with Crippen LogP contribution in [0, 0.1) is 0 Å². The second-order valence-electron chi connectivity index (χ2n) is 4.34. The van der Waals surface area contributed by atoms with Gasteiger partial charge in [0.15, 0.2) is 0 Å². The summed E-state index contributed by atoms with van der Waals surface area (Å²) in [5.41, 5.74) is 2.90. The average Bonchev–Trinajstić information content (AvgIpc) is 2.97. The van der Waals surface area contributed by atoms with E-state index in [1.807, 2.05) is 47.1 Å². The summed E-state index contributed by atoms with van der Waals surface area (Å²) in [4.78, 5) is 4.33. The van der Waals surface area contributed by atoms with Crippen LogP contribution in [0.15, 0.2) is 54.9 Å². The van der Waals surface area contributed by atoms with E-state index in [2.05, 4.69) is 15.3 Å². The Bertz CT molecular complexity index is 677. The van der Waals surface area contributed by atoms with Gasteiger partial charge < -0.3 is 4.74 Å². The maximum Gasteiger partial charge on any atom is 0.118 e. The summed E-state index contributed by atoms with van der Waals surface area (Å²) >= 11 is 0. The Labute approximate surface area is 116 Å². The molecule has 3 aromatic rings. The Morgan fingerprint density at radius 1 is 1.10 bits per heavy atom. The van der Waals surface area contributed by atoms with Crippen LogP contribution >= 0.6 is 0 Å². The van der Waals surface area contributed by atoms with Gasteiger partial charge >= 0.3 is 0 Å². The first kappa shape index (κ1) is 12.3. The molecule has 5 nitrogen and oxygen atoms in total. The first-order valence-electron chi connectivity index (χ1n) is 6.29. The molecule has 0 atom stereocenters. The van der Waals surface area contributed by atoms with Crippen molar-refractivity contribution in [1.29, 1.82) is 0 Å². The summed E-state index contributed by atoms with van der Waals surface area (Å²) in [6.07, 6.45) is 3.49. The number of methoxy groups -OCH3 is 1. The fraction of sp³-hybridized carbons (Fsp3) is 0.133. The van der Waals surface area contributed by atoms with E-state index in [1.165, 1.54) is 0 Å². The van der Waals surface area contributed by atoms with Gasteiger partial charge in [-0.3, -0.25) is 4.98 Å². The molecule has 100 valence electrons. The van der Waals surface area contributed by atoms with Crippen LogP contribution in [0.5, 0.6) is 5.75 Å². The molecule has 0 aliphatic rings. The molecule has 0 saturated heterocycles. The molecule has 0 aliphatic heterocycles. The lowest BCUT2D eigenvalue weighted by Gasteiger charge is -2.06. The van der Waals surface area contributed by atoms with Gasteiger partial charge in [0.05, 0.1) is 25.5 Å². The molecule has 0 radical (unpaired) electrons. The summed E-state index contributed by atoms with van der Waals surface area (Å²) in [7, 11) is 1.66. The van der Waals surface area contributed by atoms with E-state index in [0.29, 0.717) is 6.54 Å². The summed E-state index contributed by atoms with van der Waals surface area (Å²) in [6, 6.07) is 13.7. The number of pyridine rings is 1. The van der Waals surface area contributed by atoms with Crippen LogP contribution in [0.3, 0.4) is 0 Å². The van der Waals surface area contributed by atoms with Crippen molar-refractivity contribution in [3.05, 3.63) is 60.4 Å². The molecule has 0 aliphatic carbocycles. The monoisotopic (exact) mass is 266 g/mol. The third-order valence-corrected chi connectivity index (χ3v) is 3.04. The molecule has 0 unspecified atom stereocenters. The third kappa shape index (κ3) is 2.51. The second kappa shape index (κ2) is 5.52. The van der Waals surface area contributed by atoms with Gasteiger partial charge in [0.2, 0.25) is 0 Å². The molecule has 0 spiro atoms. The summed E-state index contributed by atoms with van der Waals surface area (Å²) < 4.78 is 6.99. The Balaban J connectivity index is 1.86. The topological polar surface area (TPSA) is 52.8 Å². The van der Waals surface area contributed by atoms with Crippen LogP contribution in [0.2, 0.25) is 0 Å². The molecule has 1 aromatic carbocycles. The molecular weight excluding hydrogens is 252 g/mol. The lowest BCUT2D eigenvalue weighted by Crippen LogP contribution is -2.04. The Hall–Kier alpha value is -2.69. The second-order valence-corrected chi connectivity index (χ2v) is 4.34. The highest BCUT2D eigenvalue weighted by molar-refractivity contribution is 5.52. The number of rotatable bonds is 4. The predicted octanol–water partition coefficient (Wildman–Crippen LogP) is 2.40. The normalized spacial score (nSPS) is 10.4. The lowest BCUT2D eigenvalue weighted by atomic mass is 10.2. The quantitative estimate of drug-likeness (QED) is 0.727. The van der Waals surface area contributed by atoms with Crippen molar-refractivity contribution in [3.8, 4) is 17.1 Å². The maximum atomic E-state index is 5.15. The molecule has 0 amide bonds. The van der Waals surface area contributed by atoms with Gasteiger partial charge in [-0.15, -0.1) is 5.10 Å². The first-order chi connectivity index (χ1) is 9.86. The molecule has 3 rings (SSSR count). The molecular formula is C15H14N4O. The Morgan fingerprint density at radius 2 is 1.95 bits per heavy atom. The number of aromatic nitrogens is 4. The van der Waals surface area contributed by atoms with Gasteiger partial charge in [-0.1, -0.05) is 23.4 Å². The molecule has 0 bridgehead atoms. The fourth-order valence-electron chi connectivity index (χ4n) is 1.99. The minimum atomic E-state index is 0.649. The van der Waals surface area contributed by atoms with E-state index in [4.69, 9.17) is 4.74 Å². The Kier molecular flexibility index (Phi) is 3.41. The summed E-state index contributed by atoms with van der Waals surface area (Å²) in [6.45, 7) is 0.649. The van der Waals surface area contributed by atoms with Crippen molar-refractivity contribution < 1.29 is 4.74 Å². The molecule has 0 fully saturated rings. The van der Waals surface area contributed by atoms with Gasteiger partial charge in [0.1, 0.15) is 11.4 Å². The predicted molar refractivity (Wildman–Crippen MR) is 75.3 cm³/mol. The van der Waals surface area contributed by atoms with Gasteiger partial charge in [-0.05, 0) is 29.8 Å². The lowest BCUT2D eigenvalue weighted by molar-refractivity contribution is 0.414. The van der Waals surface area contributed by atoms with Crippen LogP contribution in [0.1, 0.15) is 5.56 Å². The van der Waals surface area contributed by atoms with E-state index < -0.39 is 0 Å². The van der Waals surface area contributed by atoms with Crippen molar-refractivity contribution in [3.63, 3.8) is 0 Å². The van der Waals surface area contributed by atoms with E-state index in [9.17, 15) is 0 Å². The van der Waals surface area contributed by atoms with Gasteiger partial charge in [-0.25, -0.2) is 4.68 Å². The summed E-state index contributed by atoms with van der Waals surface area (Å²) in [5.74, 6) is 0.845. The fourth-order valence-corrected chi connectivity index (χ4v) is 1.99. The molecule has 5 heteroatoms. The maximum absolute atomic E-state index is 5.15. The van der Waals surface area contributed by atoms with Crippen molar-refractivity contribution in [2.45, 2.75) is 6.54 Å². The van der Waals surface area contributed by atoms with Crippen LogP contribution in [-0.4, -0.2) is 27.1 Å². The molecule has 0 N–H and O–H groups in total. The number of nitrogens with zero attached hydrogens (tertiary/aromatic N) is 4. The minimum absolute atomic E-state index is 0.649. The average molecular weight is 266 g/mol. The van der Waals surface area contributed by atoms with Gasteiger partial charge in [-0.2, -0.15) is 0 Å². The van der Waals surface area contributed by atoms with E-state index in [1.54, 1.807) is 19.5 Å².